The van der Waals surface area contributed by atoms with Gasteiger partial charge < -0.3 is 9.64 Å². The molecule has 4 heteroatoms. The van der Waals surface area contributed by atoms with E-state index in [2.05, 4.69) is 0 Å². The molecule has 1 amide bonds. The zero-order valence-electron chi connectivity index (χ0n) is 11.3. The molecule has 1 fully saturated rings. The Bertz CT molecular complexity index is 419. The first-order valence-electron chi connectivity index (χ1n) is 6.82. The van der Waals surface area contributed by atoms with Crippen molar-refractivity contribution in [2.45, 2.75) is 19.8 Å². The maximum Gasteiger partial charge on any atom is 0.253 e. The van der Waals surface area contributed by atoms with Gasteiger partial charge in [-0.2, -0.15) is 0 Å². The Morgan fingerprint density at radius 1 is 1.42 bits per heavy atom. The summed E-state index contributed by atoms with van der Waals surface area (Å²) in [5.41, 5.74) is 0.721. The molecule has 0 aliphatic carbocycles. The lowest BCUT2D eigenvalue weighted by Crippen LogP contribution is -2.40. The minimum atomic E-state index is 0.0952. The summed E-state index contributed by atoms with van der Waals surface area (Å²) in [6.07, 6.45) is 2.16. The fourth-order valence-corrected chi connectivity index (χ4v) is 2.67. The Balaban J connectivity index is 2.02. The summed E-state index contributed by atoms with van der Waals surface area (Å²) in [5, 5.41) is 0. The van der Waals surface area contributed by atoms with Crippen molar-refractivity contribution in [1.29, 1.82) is 0 Å². The number of likely N-dealkylation sites (tertiary alicyclic amines) is 1. The second-order valence-corrected chi connectivity index (χ2v) is 5.18. The summed E-state index contributed by atoms with van der Waals surface area (Å²) in [7, 11) is 0. The minimum Gasteiger partial charge on any atom is -0.494 e. The molecular formula is C15H20ClNO2. The first kappa shape index (κ1) is 14.2. The maximum atomic E-state index is 12.4. The van der Waals surface area contributed by atoms with Crippen molar-refractivity contribution in [3.63, 3.8) is 0 Å². The Labute approximate surface area is 119 Å². The molecule has 1 aliphatic heterocycles. The van der Waals surface area contributed by atoms with Crippen LogP contribution in [-0.4, -0.2) is 36.4 Å². The molecule has 0 spiro atoms. The van der Waals surface area contributed by atoms with Crippen LogP contribution < -0.4 is 4.74 Å². The third-order valence-electron chi connectivity index (χ3n) is 3.44. The molecule has 0 aromatic heterocycles. The van der Waals surface area contributed by atoms with Gasteiger partial charge in [0.2, 0.25) is 0 Å². The van der Waals surface area contributed by atoms with Crippen LogP contribution in [0.2, 0.25) is 0 Å². The third kappa shape index (κ3) is 3.63. The quantitative estimate of drug-likeness (QED) is 0.794. The number of benzene rings is 1. The summed E-state index contributed by atoms with van der Waals surface area (Å²) in [6.45, 7) is 4.19. The predicted octanol–water partition coefficient (Wildman–Crippen LogP) is 3.18. The molecule has 1 saturated heterocycles. The number of carbonyl (C=O) groups is 1. The van der Waals surface area contributed by atoms with E-state index in [-0.39, 0.29) is 5.91 Å². The number of rotatable bonds is 4. The monoisotopic (exact) mass is 281 g/mol. The second-order valence-electron chi connectivity index (χ2n) is 4.87. The maximum absolute atomic E-state index is 12.4. The lowest BCUT2D eigenvalue weighted by atomic mass is 9.99. The molecule has 1 unspecified atom stereocenters. The summed E-state index contributed by atoms with van der Waals surface area (Å²) in [5.74, 6) is 1.96. The van der Waals surface area contributed by atoms with Crippen LogP contribution >= 0.6 is 11.6 Å². The Morgan fingerprint density at radius 2 is 2.16 bits per heavy atom. The molecule has 1 atom stereocenters. The average Bonchev–Trinajstić information content (AvgIpc) is 2.48. The summed E-state index contributed by atoms with van der Waals surface area (Å²) < 4.78 is 5.38. The number of carbonyl (C=O) groups excluding carboxylic acids is 1. The molecular weight excluding hydrogens is 262 g/mol. The molecule has 1 heterocycles. The highest BCUT2D eigenvalue weighted by molar-refractivity contribution is 6.18. The van der Waals surface area contributed by atoms with Gasteiger partial charge in [-0.25, -0.2) is 0 Å². The van der Waals surface area contributed by atoms with Gasteiger partial charge in [0.25, 0.3) is 5.91 Å². The van der Waals surface area contributed by atoms with Crippen LogP contribution in [0.3, 0.4) is 0 Å². The second kappa shape index (κ2) is 6.80. The lowest BCUT2D eigenvalue weighted by molar-refractivity contribution is 0.0685. The minimum absolute atomic E-state index is 0.0952. The van der Waals surface area contributed by atoms with Gasteiger partial charge in [-0.1, -0.05) is 0 Å². The van der Waals surface area contributed by atoms with E-state index < -0.39 is 0 Å². The third-order valence-corrected chi connectivity index (χ3v) is 3.87. The van der Waals surface area contributed by atoms with Crippen molar-refractivity contribution < 1.29 is 9.53 Å². The summed E-state index contributed by atoms with van der Waals surface area (Å²) in [4.78, 5) is 14.3. The van der Waals surface area contributed by atoms with Gasteiger partial charge >= 0.3 is 0 Å². The fourth-order valence-electron chi connectivity index (χ4n) is 2.42. The van der Waals surface area contributed by atoms with Gasteiger partial charge in [0.1, 0.15) is 5.75 Å². The summed E-state index contributed by atoms with van der Waals surface area (Å²) >= 11 is 5.90. The van der Waals surface area contributed by atoms with Crippen molar-refractivity contribution >= 4 is 17.5 Å². The number of hydrogen-bond acceptors (Lipinski definition) is 2. The van der Waals surface area contributed by atoms with Gasteiger partial charge in [-0.05, 0) is 49.9 Å². The lowest BCUT2D eigenvalue weighted by Gasteiger charge is -2.31. The van der Waals surface area contributed by atoms with E-state index in [1.54, 1.807) is 0 Å². The first-order valence-corrected chi connectivity index (χ1v) is 7.36. The van der Waals surface area contributed by atoms with Crippen molar-refractivity contribution in [2.24, 2.45) is 5.92 Å². The molecule has 104 valence electrons. The van der Waals surface area contributed by atoms with E-state index in [0.29, 0.717) is 18.4 Å². The molecule has 2 rings (SSSR count). The molecule has 19 heavy (non-hydrogen) atoms. The highest BCUT2D eigenvalue weighted by atomic mass is 35.5. The zero-order valence-corrected chi connectivity index (χ0v) is 12.0. The van der Waals surface area contributed by atoms with Crippen molar-refractivity contribution in [3.8, 4) is 5.75 Å². The number of hydrogen-bond donors (Lipinski definition) is 0. The van der Waals surface area contributed by atoms with E-state index in [1.165, 1.54) is 0 Å². The molecule has 0 bridgehead atoms. The normalized spacial score (nSPS) is 19.3. The van der Waals surface area contributed by atoms with Crippen molar-refractivity contribution in [1.82, 2.24) is 4.90 Å². The van der Waals surface area contributed by atoms with E-state index in [4.69, 9.17) is 16.3 Å². The number of nitrogens with zero attached hydrogens (tertiary/aromatic N) is 1. The molecule has 1 aromatic carbocycles. The van der Waals surface area contributed by atoms with Crippen molar-refractivity contribution in [3.05, 3.63) is 29.8 Å². The van der Waals surface area contributed by atoms with Crippen LogP contribution in [0.5, 0.6) is 5.75 Å². The van der Waals surface area contributed by atoms with Gasteiger partial charge in [-0.15, -0.1) is 11.6 Å². The van der Waals surface area contributed by atoms with Gasteiger partial charge in [0, 0.05) is 24.5 Å². The van der Waals surface area contributed by atoms with Crippen LogP contribution in [0.15, 0.2) is 24.3 Å². The molecule has 1 aliphatic rings. The fraction of sp³-hybridized carbons (Fsp3) is 0.533. The Morgan fingerprint density at radius 3 is 2.79 bits per heavy atom. The standard InChI is InChI=1S/C15H20ClNO2/c1-2-19-14-7-5-13(6-8-14)15(18)17-9-3-4-12(10-16)11-17/h5-8,12H,2-4,9-11H2,1H3. The van der Waals surface area contributed by atoms with Gasteiger partial charge in [0.15, 0.2) is 0 Å². The largest absolute Gasteiger partial charge is 0.494 e. The van der Waals surface area contributed by atoms with Gasteiger partial charge in [-0.3, -0.25) is 4.79 Å². The topological polar surface area (TPSA) is 29.5 Å². The van der Waals surface area contributed by atoms with E-state index in [0.717, 1.165) is 37.2 Å². The Hall–Kier alpha value is -1.22. The highest BCUT2D eigenvalue weighted by Gasteiger charge is 2.23. The first-order chi connectivity index (χ1) is 9.24. The summed E-state index contributed by atoms with van der Waals surface area (Å²) in [6, 6.07) is 7.36. The van der Waals surface area contributed by atoms with Gasteiger partial charge in [0.05, 0.1) is 6.61 Å². The SMILES string of the molecule is CCOc1ccc(C(=O)N2CCCC(CCl)C2)cc1. The Kier molecular flexibility index (Phi) is 5.08. The number of amides is 1. The number of halogens is 1. The predicted molar refractivity (Wildman–Crippen MR) is 77.0 cm³/mol. The molecule has 0 radical (unpaired) electrons. The van der Waals surface area contributed by atoms with Crippen molar-refractivity contribution in [2.75, 3.05) is 25.6 Å². The van der Waals surface area contributed by atoms with E-state index >= 15 is 0 Å². The molecule has 0 saturated carbocycles. The van der Waals surface area contributed by atoms with Crippen LogP contribution in [0.25, 0.3) is 0 Å². The van der Waals surface area contributed by atoms with Crippen LogP contribution in [0, 0.1) is 5.92 Å². The average molecular weight is 282 g/mol. The van der Waals surface area contributed by atoms with E-state index in [9.17, 15) is 4.79 Å². The number of ether oxygens (including phenoxy) is 1. The smallest absolute Gasteiger partial charge is 0.253 e. The van der Waals surface area contributed by atoms with Crippen LogP contribution in [-0.2, 0) is 0 Å². The van der Waals surface area contributed by atoms with Crippen LogP contribution in [0.1, 0.15) is 30.1 Å². The van der Waals surface area contributed by atoms with Crippen LogP contribution in [0.4, 0.5) is 0 Å². The zero-order chi connectivity index (χ0) is 13.7. The molecule has 0 N–H and O–H groups in total. The number of piperidine rings is 1. The molecule has 1 aromatic rings. The molecule has 3 nitrogen and oxygen atoms in total. The number of alkyl halides is 1. The highest BCUT2D eigenvalue weighted by Crippen LogP contribution is 2.20. The van der Waals surface area contributed by atoms with E-state index in [1.807, 2.05) is 36.1 Å².